The van der Waals surface area contributed by atoms with Gasteiger partial charge in [-0.1, -0.05) is 0 Å². The van der Waals surface area contributed by atoms with Crippen LogP contribution in [0.1, 0.15) is 6.42 Å². The first-order valence-corrected chi connectivity index (χ1v) is 4.17. The SMILES string of the molecule is COC(=O)CCNc1ncns1. The molecule has 0 radical (unpaired) electrons. The van der Waals surface area contributed by atoms with Gasteiger partial charge in [0.2, 0.25) is 5.13 Å². The summed E-state index contributed by atoms with van der Waals surface area (Å²) in [6.07, 6.45) is 1.81. The van der Waals surface area contributed by atoms with E-state index in [2.05, 4.69) is 19.4 Å². The maximum absolute atomic E-state index is 10.6. The van der Waals surface area contributed by atoms with Gasteiger partial charge in [-0.15, -0.1) is 0 Å². The molecule has 0 amide bonds. The average Bonchev–Trinajstić information content (AvgIpc) is 2.57. The van der Waals surface area contributed by atoms with Gasteiger partial charge in [-0.2, -0.15) is 4.37 Å². The minimum atomic E-state index is -0.230. The molecule has 66 valence electrons. The van der Waals surface area contributed by atoms with Gasteiger partial charge < -0.3 is 10.1 Å². The Hall–Kier alpha value is -1.17. The Kier molecular flexibility index (Phi) is 3.46. The van der Waals surface area contributed by atoms with Gasteiger partial charge in [0.25, 0.3) is 0 Å². The molecule has 0 aliphatic carbocycles. The Morgan fingerprint density at radius 3 is 3.25 bits per heavy atom. The van der Waals surface area contributed by atoms with E-state index in [4.69, 9.17) is 0 Å². The number of anilines is 1. The highest BCUT2D eigenvalue weighted by molar-refractivity contribution is 7.09. The largest absolute Gasteiger partial charge is 0.469 e. The van der Waals surface area contributed by atoms with Crippen molar-refractivity contribution in [2.24, 2.45) is 0 Å². The van der Waals surface area contributed by atoms with E-state index in [1.165, 1.54) is 25.0 Å². The lowest BCUT2D eigenvalue weighted by atomic mass is 10.4. The van der Waals surface area contributed by atoms with Gasteiger partial charge in [0, 0.05) is 18.1 Å². The molecule has 1 N–H and O–H groups in total. The molecule has 5 nitrogen and oxygen atoms in total. The van der Waals surface area contributed by atoms with E-state index in [0.717, 1.165) is 5.13 Å². The van der Waals surface area contributed by atoms with Crippen molar-refractivity contribution in [1.29, 1.82) is 0 Å². The molecule has 0 saturated heterocycles. The first-order valence-electron chi connectivity index (χ1n) is 3.40. The third-order valence-corrected chi connectivity index (χ3v) is 1.82. The zero-order chi connectivity index (χ0) is 8.81. The normalized spacial score (nSPS) is 9.42. The highest BCUT2D eigenvalue weighted by Gasteiger charge is 1.99. The van der Waals surface area contributed by atoms with Crippen molar-refractivity contribution >= 4 is 22.6 Å². The fraction of sp³-hybridized carbons (Fsp3) is 0.500. The van der Waals surface area contributed by atoms with Gasteiger partial charge in [0.05, 0.1) is 13.5 Å². The second-order valence-electron chi connectivity index (χ2n) is 2.00. The number of esters is 1. The molecule has 1 aromatic heterocycles. The lowest BCUT2D eigenvalue weighted by Gasteiger charge is -1.99. The summed E-state index contributed by atoms with van der Waals surface area (Å²) in [4.78, 5) is 14.5. The fourth-order valence-corrected chi connectivity index (χ4v) is 1.08. The molecule has 0 aliphatic heterocycles. The van der Waals surface area contributed by atoms with Crippen molar-refractivity contribution in [3.8, 4) is 0 Å². The zero-order valence-electron chi connectivity index (χ0n) is 6.61. The van der Waals surface area contributed by atoms with Gasteiger partial charge in [-0.25, -0.2) is 4.98 Å². The molecule has 0 saturated carbocycles. The van der Waals surface area contributed by atoms with E-state index in [9.17, 15) is 4.79 Å². The smallest absolute Gasteiger partial charge is 0.307 e. The highest BCUT2D eigenvalue weighted by Crippen LogP contribution is 2.05. The van der Waals surface area contributed by atoms with E-state index >= 15 is 0 Å². The summed E-state index contributed by atoms with van der Waals surface area (Å²) in [5, 5.41) is 3.66. The molecule has 0 atom stereocenters. The van der Waals surface area contributed by atoms with Crippen molar-refractivity contribution < 1.29 is 9.53 Å². The van der Waals surface area contributed by atoms with Crippen LogP contribution in [0.2, 0.25) is 0 Å². The van der Waals surface area contributed by atoms with E-state index in [0.29, 0.717) is 13.0 Å². The molecule has 1 rings (SSSR count). The number of nitrogens with zero attached hydrogens (tertiary/aromatic N) is 2. The van der Waals surface area contributed by atoms with Crippen LogP contribution >= 0.6 is 11.5 Å². The van der Waals surface area contributed by atoms with Gasteiger partial charge in [-0.3, -0.25) is 4.79 Å². The monoisotopic (exact) mass is 187 g/mol. The van der Waals surface area contributed by atoms with Crippen LogP contribution in [0.3, 0.4) is 0 Å². The number of rotatable bonds is 4. The average molecular weight is 187 g/mol. The summed E-state index contributed by atoms with van der Waals surface area (Å²) in [6, 6.07) is 0. The summed E-state index contributed by atoms with van der Waals surface area (Å²) >= 11 is 1.26. The number of hydrogen-bond acceptors (Lipinski definition) is 6. The second-order valence-corrected chi connectivity index (χ2v) is 2.78. The second kappa shape index (κ2) is 4.66. The van der Waals surface area contributed by atoms with E-state index in [-0.39, 0.29) is 5.97 Å². The molecule has 0 aromatic carbocycles. The molecule has 12 heavy (non-hydrogen) atoms. The first kappa shape index (κ1) is 8.92. The molecular weight excluding hydrogens is 178 g/mol. The molecule has 1 heterocycles. The van der Waals surface area contributed by atoms with Crippen LogP contribution in [0.4, 0.5) is 5.13 Å². The summed E-state index contributed by atoms with van der Waals surface area (Å²) in [5.74, 6) is -0.230. The van der Waals surface area contributed by atoms with Crippen LogP contribution in [0.25, 0.3) is 0 Å². The van der Waals surface area contributed by atoms with Gasteiger partial charge in [-0.05, 0) is 0 Å². The van der Waals surface area contributed by atoms with E-state index in [1.54, 1.807) is 0 Å². The van der Waals surface area contributed by atoms with Crippen LogP contribution in [0.5, 0.6) is 0 Å². The predicted molar refractivity (Wildman–Crippen MR) is 45.0 cm³/mol. The van der Waals surface area contributed by atoms with Crippen molar-refractivity contribution in [2.75, 3.05) is 19.0 Å². The molecule has 0 fully saturated rings. The van der Waals surface area contributed by atoms with Crippen LogP contribution in [0, 0.1) is 0 Å². The van der Waals surface area contributed by atoms with E-state index < -0.39 is 0 Å². The minimum absolute atomic E-state index is 0.230. The van der Waals surface area contributed by atoms with Crippen LogP contribution < -0.4 is 5.32 Å². The first-order chi connectivity index (χ1) is 5.83. The van der Waals surface area contributed by atoms with Crippen molar-refractivity contribution in [1.82, 2.24) is 9.36 Å². The van der Waals surface area contributed by atoms with E-state index in [1.807, 2.05) is 0 Å². The van der Waals surface area contributed by atoms with Gasteiger partial charge in [0.15, 0.2) is 0 Å². The molecular formula is C6H9N3O2S. The highest BCUT2D eigenvalue weighted by atomic mass is 32.1. The summed E-state index contributed by atoms with van der Waals surface area (Å²) < 4.78 is 8.25. The summed E-state index contributed by atoms with van der Waals surface area (Å²) in [5.41, 5.74) is 0. The van der Waals surface area contributed by atoms with Crippen LogP contribution in [-0.4, -0.2) is 29.0 Å². The maximum atomic E-state index is 10.6. The quantitative estimate of drug-likeness (QED) is 0.696. The summed E-state index contributed by atoms with van der Waals surface area (Å²) in [7, 11) is 1.37. The zero-order valence-corrected chi connectivity index (χ0v) is 7.43. The number of methoxy groups -OCH3 is 1. The Morgan fingerprint density at radius 2 is 2.67 bits per heavy atom. The number of nitrogens with one attached hydrogen (secondary N) is 1. The topological polar surface area (TPSA) is 64.1 Å². The third-order valence-electron chi connectivity index (χ3n) is 1.19. The van der Waals surface area contributed by atoms with Gasteiger partial charge in [0.1, 0.15) is 6.33 Å². The number of ether oxygens (including phenoxy) is 1. The standard InChI is InChI=1S/C6H9N3O2S/c1-11-5(10)2-3-7-6-8-4-9-12-6/h4H,2-3H2,1H3,(H,7,8,9). The Morgan fingerprint density at radius 1 is 1.83 bits per heavy atom. The number of carbonyl (C=O) groups excluding carboxylic acids is 1. The van der Waals surface area contributed by atoms with Gasteiger partial charge >= 0.3 is 5.97 Å². The van der Waals surface area contributed by atoms with Crippen molar-refractivity contribution in [2.45, 2.75) is 6.42 Å². The lowest BCUT2D eigenvalue weighted by molar-refractivity contribution is -0.140. The Labute approximate surface area is 73.9 Å². The third kappa shape index (κ3) is 2.83. The summed E-state index contributed by atoms with van der Waals surface area (Å²) in [6.45, 7) is 0.530. The number of hydrogen-bond donors (Lipinski definition) is 1. The molecule has 0 spiro atoms. The number of aromatic nitrogens is 2. The molecule has 0 bridgehead atoms. The molecule has 1 aromatic rings. The Bertz CT molecular complexity index is 237. The maximum Gasteiger partial charge on any atom is 0.307 e. The molecule has 6 heteroatoms. The molecule has 0 unspecified atom stereocenters. The minimum Gasteiger partial charge on any atom is -0.469 e. The van der Waals surface area contributed by atoms with Crippen LogP contribution in [0.15, 0.2) is 6.33 Å². The van der Waals surface area contributed by atoms with Crippen molar-refractivity contribution in [3.63, 3.8) is 0 Å². The predicted octanol–water partition coefficient (Wildman–Crippen LogP) is 0.513. The Balaban J connectivity index is 2.15. The fourth-order valence-electron chi connectivity index (χ4n) is 0.625. The van der Waals surface area contributed by atoms with Crippen molar-refractivity contribution in [3.05, 3.63) is 6.33 Å². The van der Waals surface area contributed by atoms with Crippen LogP contribution in [-0.2, 0) is 9.53 Å². The number of carbonyl (C=O) groups is 1. The molecule has 0 aliphatic rings. The lowest BCUT2D eigenvalue weighted by Crippen LogP contribution is -2.09.